The zero-order valence-electron chi connectivity index (χ0n) is 11.6. The molecule has 0 aliphatic rings. The number of hydrogen-bond donors (Lipinski definition) is 2. The molecule has 0 aliphatic heterocycles. The molecule has 0 bridgehead atoms. The van der Waals surface area contributed by atoms with Gasteiger partial charge >= 0.3 is 0 Å². The van der Waals surface area contributed by atoms with Gasteiger partial charge in [0.05, 0.1) is 0 Å². The first kappa shape index (κ1) is 14.2. The van der Waals surface area contributed by atoms with E-state index in [1.54, 1.807) is 0 Å². The Morgan fingerprint density at radius 1 is 1.24 bits per heavy atom. The highest BCUT2D eigenvalue weighted by molar-refractivity contribution is 5.30. The van der Waals surface area contributed by atoms with Gasteiger partial charge in [-0.3, -0.25) is 0 Å². The van der Waals surface area contributed by atoms with Crippen molar-refractivity contribution in [2.24, 2.45) is 11.1 Å². The van der Waals surface area contributed by atoms with E-state index < -0.39 is 0 Å². The normalized spacial score (nSPS) is 11.8. The van der Waals surface area contributed by atoms with E-state index in [1.165, 1.54) is 16.7 Å². The predicted octanol–water partition coefficient (Wildman–Crippen LogP) is 2.77. The van der Waals surface area contributed by atoms with Gasteiger partial charge in [0.2, 0.25) is 0 Å². The fraction of sp³-hybridized carbons (Fsp3) is 0.600. The van der Waals surface area contributed by atoms with Crippen molar-refractivity contribution in [2.45, 2.75) is 40.7 Å². The highest BCUT2D eigenvalue weighted by Gasteiger charge is 2.15. The minimum absolute atomic E-state index is 0.284. The second-order valence-corrected chi connectivity index (χ2v) is 5.74. The van der Waals surface area contributed by atoms with Crippen LogP contribution < -0.4 is 11.1 Å². The summed E-state index contributed by atoms with van der Waals surface area (Å²) in [6.07, 6.45) is 1.06. The molecule has 0 fully saturated rings. The van der Waals surface area contributed by atoms with E-state index in [4.69, 9.17) is 5.73 Å². The van der Waals surface area contributed by atoms with Crippen molar-refractivity contribution < 1.29 is 0 Å². The standard InChI is InChI=1S/C15H26N2/c1-12-5-6-13(2)14(9-12)10-17-11-15(3,4)7-8-16/h5-6,9,17H,7-8,10-11,16H2,1-4H3. The largest absolute Gasteiger partial charge is 0.330 e. The van der Waals surface area contributed by atoms with Crippen molar-refractivity contribution in [3.8, 4) is 0 Å². The van der Waals surface area contributed by atoms with Gasteiger partial charge < -0.3 is 11.1 Å². The summed E-state index contributed by atoms with van der Waals surface area (Å²) in [7, 11) is 0. The van der Waals surface area contributed by atoms with Crippen LogP contribution >= 0.6 is 0 Å². The molecule has 17 heavy (non-hydrogen) atoms. The summed E-state index contributed by atoms with van der Waals surface area (Å²) in [5.74, 6) is 0. The summed E-state index contributed by atoms with van der Waals surface area (Å²) in [6.45, 7) is 11.5. The highest BCUT2D eigenvalue weighted by atomic mass is 14.9. The lowest BCUT2D eigenvalue weighted by atomic mass is 9.89. The van der Waals surface area contributed by atoms with E-state index >= 15 is 0 Å². The predicted molar refractivity (Wildman–Crippen MR) is 75.1 cm³/mol. The molecule has 0 saturated heterocycles. The molecule has 1 rings (SSSR count). The molecule has 0 atom stereocenters. The van der Waals surface area contributed by atoms with Gasteiger partial charge in [-0.25, -0.2) is 0 Å². The van der Waals surface area contributed by atoms with E-state index in [2.05, 4.69) is 51.2 Å². The molecule has 0 aliphatic carbocycles. The quantitative estimate of drug-likeness (QED) is 0.794. The van der Waals surface area contributed by atoms with Crippen LogP contribution in [0, 0.1) is 19.3 Å². The van der Waals surface area contributed by atoms with Gasteiger partial charge in [0, 0.05) is 13.1 Å². The summed E-state index contributed by atoms with van der Waals surface area (Å²) in [6, 6.07) is 6.62. The maximum Gasteiger partial charge on any atom is 0.0208 e. The SMILES string of the molecule is Cc1ccc(C)c(CNCC(C)(C)CCN)c1. The first-order chi connectivity index (χ1) is 7.94. The van der Waals surface area contributed by atoms with Gasteiger partial charge in [-0.2, -0.15) is 0 Å². The molecule has 0 radical (unpaired) electrons. The van der Waals surface area contributed by atoms with E-state index in [0.717, 1.165) is 26.1 Å². The maximum absolute atomic E-state index is 5.61. The Morgan fingerprint density at radius 2 is 1.94 bits per heavy atom. The van der Waals surface area contributed by atoms with Crippen molar-refractivity contribution in [1.29, 1.82) is 0 Å². The van der Waals surface area contributed by atoms with Gasteiger partial charge in [0.1, 0.15) is 0 Å². The molecule has 2 nitrogen and oxygen atoms in total. The van der Waals surface area contributed by atoms with Gasteiger partial charge in [-0.05, 0) is 43.4 Å². The molecule has 0 unspecified atom stereocenters. The van der Waals surface area contributed by atoms with Crippen LogP contribution in [0.1, 0.15) is 37.0 Å². The first-order valence-corrected chi connectivity index (χ1v) is 6.41. The Balaban J connectivity index is 2.48. The lowest BCUT2D eigenvalue weighted by molar-refractivity contribution is 0.319. The van der Waals surface area contributed by atoms with Crippen LogP contribution in [0.5, 0.6) is 0 Å². The van der Waals surface area contributed by atoms with Crippen LogP contribution in [-0.4, -0.2) is 13.1 Å². The molecule has 0 spiro atoms. The summed E-state index contributed by atoms with van der Waals surface area (Å²) in [5, 5.41) is 3.54. The Bertz CT molecular complexity index is 356. The second-order valence-electron chi connectivity index (χ2n) is 5.74. The van der Waals surface area contributed by atoms with E-state index in [1.807, 2.05) is 0 Å². The van der Waals surface area contributed by atoms with Crippen molar-refractivity contribution in [1.82, 2.24) is 5.32 Å². The second kappa shape index (κ2) is 6.18. The molecule has 0 aromatic heterocycles. The molecule has 2 heteroatoms. The van der Waals surface area contributed by atoms with Crippen molar-refractivity contribution in [3.05, 3.63) is 34.9 Å². The Morgan fingerprint density at radius 3 is 2.59 bits per heavy atom. The topological polar surface area (TPSA) is 38.0 Å². The molecular weight excluding hydrogens is 208 g/mol. The molecule has 0 amide bonds. The molecular formula is C15H26N2. The van der Waals surface area contributed by atoms with E-state index in [9.17, 15) is 0 Å². The van der Waals surface area contributed by atoms with Crippen molar-refractivity contribution in [2.75, 3.05) is 13.1 Å². The fourth-order valence-corrected chi connectivity index (χ4v) is 2.01. The molecule has 0 saturated carbocycles. The minimum Gasteiger partial charge on any atom is -0.330 e. The van der Waals surface area contributed by atoms with Crippen molar-refractivity contribution >= 4 is 0 Å². The Hall–Kier alpha value is -0.860. The summed E-state index contributed by atoms with van der Waals surface area (Å²) < 4.78 is 0. The number of nitrogens with two attached hydrogens (primary N) is 1. The van der Waals surface area contributed by atoms with E-state index in [-0.39, 0.29) is 5.41 Å². The molecule has 96 valence electrons. The minimum atomic E-state index is 0.284. The number of rotatable bonds is 6. The van der Waals surface area contributed by atoms with Crippen LogP contribution in [0.25, 0.3) is 0 Å². The van der Waals surface area contributed by atoms with Crippen LogP contribution in [0.2, 0.25) is 0 Å². The first-order valence-electron chi connectivity index (χ1n) is 6.41. The monoisotopic (exact) mass is 234 g/mol. The fourth-order valence-electron chi connectivity index (χ4n) is 2.01. The third-order valence-electron chi connectivity index (χ3n) is 3.24. The smallest absolute Gasteiger partial charge is 0.0208 e. The third-order valence-corrected chi connectivity index (χ3v) is 3.24. The molecule has 1 aromatic carbocycles. The lowest BCUT2D eigenvalue weighted by Crippen LogP contribution is -2.31. The Labute approximate surface area is 106 Å². The van der Waals surface area contributed by atoms with Gasteiger partial charge in [-0.15, -0.1) is 0 Å². The van der Waals surface area contributed by atoms with Crippen LogP contribution in [0.4, 0.5) is 0 Å². The molecule has 1 aromatic rings. The van der Waals surface area contributed by atoms with E-state index in [0.29, 0.717) is 0 Å². The van der Waals surface area contributed by atoms with Crippen LogP contribution in [0.15, 0.2) is 18.2 Å². The number of aryl methyl sites for hydroxylation is 2. The summed E-state index contributed by atoms with van der Waals surface area (Å²) in [5.41, 5.74) is 9.98. The lowest BCUT2D eigenvalue weighted by Gasteiger charge is -2.24. The highest BCUT2D eigenvalue weighted by Crippen LogP contribution is 2.18. The maximum atomic E-state index is 5.61. The average Bonchev–Trinajstić information content (AvgIpc) is 2.23. The summed E-state index contributed by atoms with van der Waals surface area (Å²) in [4.78, 5) is 0. The van der Waals surface area contributed by atoms with Gasteiger partial charge in [0.25, 0.3) is 0 Å². The molecule has 0 heterocycles. The average molecular weight is 234 g/mol. The van der Waals surface area contributed by atoms with Crippen LogP contribution in [0.3, 0.4) is 0 Å². The molecule has 3 N–H and O–H groups in total. The van der Waals surface area contributed by atoms with Gasteiger partial charge in [0.15, 0.2) is 0 Å². The third kappa shape index (κ3) is 4.88. The zero-order valence-corrected chi connectivity index (χ0v) is 11.6. The van der Waals surface area contributed by atoms with Crippen LogP contribution in [-0.2, 0) is 6.54 Å². The van der Waals surface area contributed by atoms with Crippen molar-refractivity contribution in [3.63, 3.8) is 0 Å². The Kier molecular flexibility index (Phi) is 5.16. The zero-order chi connectivity index (χ0) is 12.9. The number of benzene rings is 1. The summed E-state index contributed by atoms with van der Waals surface area (Å²) >= 11 is 0. The van der Waals surface area contributed by atoms with Gasteiger partial charge in [-0.1, -0.05) is 37.6 Å². The number of nitrogens with one attached hydrogen (secondary N) is 1. The number of hydrogen-bond acceptors (Lipinski definition) is 2.